The standard InChI is InChI=1S/C51H57N3O6/c1-34-19-40-28-52(25-37-13-7-10-16-46(37)58-4)30-42-21-35(2)23-44(50(42)56)32-54(27-39-15-9-12-18-48(39)60-6)33-45-24-36(3)22-43(51(45)57)31-53(29-41(20-34)49(40)55)26-38-14-8-11-17-47(38)59-5/h7-24,55-57H,25-33H2,1-6H3. The monoisotopic (exact) mass is 807 g/mol. The minimum absolute atomic E-state index is 0.229. The first-order valence-corrected chi connectivity index (χ1v) is 20.5. The highest BCUT2D eigenvalue weighted by atomic mass is 16.5. The van der Waals surface area contributed by atoms with Gasteiger partial charge in [0.1, 0.15) is 34.5 Å². The second-order valence-electron chi connectivity index (χ2n) is 16.2. The second-order valence-corrected chi connectivity index (χ2v) is 16.2. The summed E-state index contributed by atoms with van der Waals surface area (Å²) < 4.78 is 17.4. The molecule has 1 aliphatic heterocycles. The molecule has 0 spiro atoms. The molecule has 0 atom stereocenters. The van der Waals surface area contributed by atoms with Gasteiger partial charge in [0.15, 0.2) is 0 Å². The fraction of sp³-hybridized carbons (Fsp3) is 0.294. The molecule has 9 nitrogen and oxygen atoms in total. The van der Waals surface area contributed by atoms with Crippen LogP contribution in [0.1, 0.15) is 66.8 Å². The van der Waals surface area contributed by atoms with Crippen molar-refractivity contribution in [3.05, 3.63) is 176 Å². The van der Waals surface area contributed by atoms with E-state index in [0.717, 1.165) is 84.0 Å². The maximum absolute atomic E-state index is 12.2. The van der Waals surface area contributed by atoms with Crippen LogP contribution in [-0.2, 0) is 58.9 Å². The maximum atomic E-state index is 12.2. The molecule has 0 amide bonds. The summed E-state index contributed by atoms with van der Waals surface area (Å²) in [4.78, 5) is 6.76. The number of benzene rings is 6. The van der Waals surface area contributed by atoms with E-state index in [9.17, 15) is 15.3 Å². The second kappa shape index (κ2) is 18.9. The number of nitrogens with zero attached hydrogens (tertiary/aromatic N) is 3. The average Bonchev–Trinajstić information content (AvgIpc) is 3.23. The number of ether oxygens (including phenoxy) is 3. The minimum atomic E-state index is 0.229. The number of phenolic OH excluding ortho intramolecular Hbond substituents is 3. The van der Waals surface area contributed by atoms with Crippen LogP contribution in [0, 0.1) is 20.8 Å². The Kier molecular flexibility index (Phi) is 13.3. The molecule has 60 heavy (non-hydrogen) atoms. The molecule has 0 unspecified atom stereocenters. The Morgan fingerprint density at radius 2 is 0.600 bits per heavy atom. The van der Waals surface area contributed by atoms with Crippen LogP contribution in [0.2, 0.25) is 0 Å². The number of rotatable bonds is 9. The lowest BCUT2D eigenvalue weighted by atomic mass is 9.99. The third-order valence-electron chi connectivity index (χ3n) is 11.4. The molecule has 3 N–H and O–H groups in total. The molecule has 6 bridgehead atoms. The SMILES string of the molecule is COc1ccccc1CN1Cc2cc(C)cc(c2O)CN(Cc2ccccc2OC)Cc2cc(C)cc(c2O)CN(Cc2ccccc2OC)Cc2cc(C)cc(c2O)C1. The molecule has 0 saturated heterocycles. The van der Waals surface area contributed by atoms with Gasteiger partial charge in [-0.2, -0.15) is 0 Å². The van der Waals surface area contributed by atoms with Gasteiger partial charge in [-0.1, -0.05) is 108 Å². The lowest BCUT2D eigenvalue weighted by Crippen LogP contribution is -2.26. The van der Waals surface area contributed by atoms with Crippen LogP contribution in [0.5, 0.6) is 34.5 Å². The van der Waals surface area contributed by atoms with Gasteiger partial charge in [-0.15, -0.1) is 0 Å². The lowest BCUT2D eigenvalue weighted by molar-refractivity contribution is 0.224. The van der Waals surface area contributed by atoms with Crippen LogP contribution in [0.25, 0.3) is 0 Å². The van der Waals surface area contributed by atoms with E-state index in [1.54, 1.807) is 21.3 Å². The van der Waals surface area contributed by atoms with Crippen molar-refractivity contribution in [1.29, 1.82) is 0 Å². The van der Waals surface area contributed by atoms with Crippen molar-refractivity contribution in [3.8, 4) is 34.5 Å². The number of hydrogen-bond donors (Lipinski definition) is 3. The summed E-state index contributed by atoms with van der Waals surface area (Å²) in [7, 11) is 5.04. The Bertz CT molecular complexity index is 2100. The van der Waals surface area contributed by atoms with E-state index >= 15 is 0 Å². The van der Waals surface area contributed by atoms with Gasteiger partial charge >= 0.3 is 0 Å². The van der Waals surface area contributed by atoms with Crippen LogP contribution in [-0.4, -0.2) is 51.3 Å². The summed E-state index contributed by atoms with van der Waals surface area (Å²) >= 11 is 0. The van der Waals surface area contributed by atoms with Gasteiger partial charge in [0, 0.05) is 109 Å². The molecule has 0 fully saturated rings. The fourth-order valence-corrected chi connectivity index (χ4v) is 8.70. The number of hydrogen-bond acceptors (Lipinski definition) is 9. The average molecular weight is 808 g/mol. The number of para-hydroxylation sites is 3. The highest BCUT2D eigenvalue weighted by molar-refractivity contribution is 5.48. The molecule has 9 heteroatoms. The molecule has 7 rings (SSSR count). The van der Waals surface area contributed by atoms with Gasteiger partial charge < -0.3 is 29.5 Å². The number of aryl methyl sites for hydroxylation is 3. The van der Waals surface area contributed by atoms with E-state index in [1.165, 1.54) is 0 Å². The number of fused-ring (bicyclic) bond motifs is 6. The normalized spacial score (nSPS) is 14.3. The summed E-state index contributed by atoms with van der Waals surface area (Å²) in [6, 6.07) is 36.3. The van der Waals surface area contributed by atoms with Gasteiger partial charge in [0.05, 0.1) is 21.3 Å². The van der Waals surface area contributed by atoms with Gasteiger partial charge in [0.25, 0.3) is 0 Å². The van der Waals surface area contributed by atoms with Gasteiger partial charge in [-0.05, 0) is 39.0 Å². The Labute approximate surface area is 354 Å². The Morgan fingerprint density at radius 1 is 0.383 bits per heavy atom. The van der Waals surface area contributed by atoms with Crippen LogP contribution in [0.3, 0.4) is 0 Å². The van der Waals surface area contributed by atoms with Crippen molar-refractivity contribution >= 4 is 0 Å². The first kappa shape index (κ1) is 42.1. The predicted octanol–water partition coefficient (Wildman–Crippen LogP) is 9.68. The van der Waals surface area contributed by atoms with E-state index in [1.807, 2.05) is 91.0 Å². The molecule has 1 aliphatic rings. The van der Waals surface area contributed by atoms with Gasteiger partial charge in [-0.3, -0.25) is 14.7 Å². The minimum Gasteiger partial charge on any atom is -0.507 e. The van der Waals surface area contributed by atoms with E-state index in [2.05, 4.69) is 53.7 Å². The molecule has 1 heterocycles. The quantitative estimate of drug-likeness (QED) is 0.132. The largest absolute Gasteiger partial charge is 0.507 e. The van der Waals surface area contributed by atoms with Gasteiger partial charge in [-0.25, -0.2) is 0 Å². The number of methoxy groups -OCH3 is 3. The Balaban J connectivity index is 1.39. The lowest BCUT2D eigenvalue weighted by Gasteiger charge is -2.29. The van der Waals surface area contributed by atoms with Crippen LogP contribution in [0.4, 0.5) is 0 Å². The number of phenols is 3. The van der Waals surface area contributed by atoms with Crippen molar-refractivity contribution in [3.63, 3.8) is 0 Å². The molecule has 0 aliphatic carbocycles. The van der Waals surface area contributed by atoms with E-state index in [4.69, 9.17) is 14.2 Å². The van der Waals surface area contributed by atoms with Crippen molar-refractivity contribution in [1.82, 2.24) is 14.7 Å². The van der Waals surface area contributed by atoms with E-state index < -0.39 is 0 Å². The van der Waals surface area contributed by atoms with E-state index in [-0.39, 0.29) is 17.2 Å². The van der Waals surface area contributed by atoms with Crippen LogP contribution < -0.4 is 14.2 Å². The molecule has 6 aromatic carbocycles. The first-order valence-electron chi connectivity index (χ1n) is 20.5. The highest BCUT2D eigenvalue weighted by Crippen LogP contribution is 2.36. The molecule has 0 aromatic heterocycles. The van der Waals surface area contributed by atoms with Crippen molar-refractivity contribution < 1.29 is 29.5 Å². The summed E-state index contributed by atoms with van der Waals surface area (Å²) in [5.74, 6) is 3.02. The predicted molar refractivity (Wildman–Crippen MR) is 236 cm³/mol. The third kappa shape index (κ3) is 9.88. The zero-order valence-electron chi connectivity index (χ0n) is 35.7. The smallest absolute Gasteiger partial charge is 0.124 e. The molecular weight excluding hydrogens is 751 g/mol. The molecule has 312 valence electrons. The van der Waals surface area contributed by atoms with Gasteiger partial charge in [0.2, 0.25) is 0 Å². The van der Waals surface area contributed by atoms with Crippen LogP contribution >= 0.6 is 0 Å². The summed E-state index contributed by atoms with van der Waals surface area (Å²) in [6.07, 6.45) is 0. The number of aromatic hydroxyl groups is 3. The zero-order chi connectivity index (χ0) is 42.3. The fourth-order valence-electron chi connectivity index (χ4n) is 8.70. The van der Waals surface area contributed by atoms with Crippen molar-refractivity contribution in [2.75, 3.05) is 21.3 Å². The molecular formula is C51H57N3O6. The Hall–Kier alpha value is -6.00. The molecule has 6 aromatic rings. The topological polar surface area (TPSA) is 98.1 Å². The van der Waals surface area contributed by atoms with E-state index in [0.29, 0.717) is 58.9 Å². The Morgan fingerprint density at radius 3 is 0.817 bits per heavy atom. The highest BCUT2D eigenvalue weighted by Gasteiger charge is 2.24. The summed E-state index contributed by atoms with van der Waals surface area (Å²) in [6.45, 7) is 10.2. The van der Waals surface area contributed by atoms with Crippen molar-refractivity contribution in [2.24, 2.45) is 0 Å². The summed E-state index contributed by atoms with van der Waals surface area (Å²) in [5, 5.41) is 36.5. The maximum Gasteiger partial charge on any atom is 0.124 e. The third-order valence-corrected chi connectivity index (χ3v) is 11.4. The van der Waals surface area contributed by atoms with Crippen molar-refractivity contribution in [2.45, 2.75) is 79.7 Å². The zero-order valence-corrected chi connectivity index (χ0v) is 35.7. The molecule has 0 saturated carbocycles. The van der Waals surface area contributed by atoms with Crippen LogP contribution in [0.15, 0.2) is 109 Å². The molecule has 0 radical (unpaired) electrons. The first-order chi connectivity index (χ1) is 29.0. The summed E-state index contributed by atoms with van der Waals surface area (Å²) in [5.41, 5.74) is 10.8.